The summed E-state index contributed by atoms with van der Waals surface area (Å²) in [4.78, 5) is 13.0. The Morgan fingerprint density at radius 1 is 1.29 bits per heavy atom. The Bertz CT molecular complexity index is 234. The third-order valence-corrected chi connectivity index (χ3v) is 3.44. The number of hydrogen-bond acceptors (Lipinski definition) is 2. The molecule has 0 bridgehead atoms. The van der Waals surface area contributed by atoms with Crippen LogP contribution in [0, 0.1) is 5.92 Å². The summed E-state index contributed by atoms with van der Waals surface area (Å²) in [7, 11) is 0. The highest BCUT2D eigenvalue weighted by Gasteiger charge is 2.41. The molecular formula is C10H16FNO2. The fourth-order valence-electron chi connectivity index (χ4n) is 2.69. The summed E-state index contributed by atoms with van der Waals surface area (Å²) in [5.74, 6) is -1.74. The maximum absolute atomic E-state index is 13.9. The number of halogens is 1. The van der Waals surface area contributed by atoms with Crippen LogP contribution in [0.25, 0.3) is 0 Å². The predicted octanol–water partition coefficient (Wildman–Crippen LogP) is 1.28. The van der Waals surface area contributed by atoms with E-state index in [9.17, 15) is 9.18 Å². The fraction of sp³-hybridized carbons (Fsp3) is 0.900. The second-order valence-electron chi connectivity index (χ2n) is 4.28. The van der Waals surface area contributed by atoms with Crippen molar-refractivity contribution in [2.45, 2.75) is 37.9 Å². The molecule has 0 aliphatic carbocycles. The maximum atomic E-state index is 13.9. The Balaban J connectivity index is 2.12. The number of aliphatic carboxylic acids is 1. The second-order valence-corrected chi connectivity index (χ2v) is 4.28. The van der Waals surface area contributed by atoms with E-state index < -0.39 is 18.1 Å². The van der Waals surface area contributed by atoms with Gasteiger partial charge >= 0.3 is 5.97 Å². The molecule has 2 fully saturated rings. The van der Waals surface area contributed by atoms with E-state index in [1.165, 1.54) is 0 Å². The van der Waals surface area contributed by atoms with Gasteiger partial charge in [0.2, 0.25) is 0 Å². The predicted molar refractivity (Wildman–Crippen MR) is 49.9 cm³/mol. The molecule has 0 aromatic heterocycles. The molecule has 2 saturated heterocycles. The van der Waals surface area contributed by atoms with Gasteiger partial charge in [0.1, 0.15) is 6.17 Å². The largest absolute Gasteiger partial charge is 0.481 e. The number of rotatable bonds is 1. The number of fused-ring (bicyclic) bond motifs is 1. The minimum atomic E-state index is -1.17. The highest BCUT2D eigenvalue weighted by molar-refractivity contribution is 5.70. The van der Waals surface area contributed by atoms with Crippen LogP contribution >= 0.6 is 0 Å². The molecule has 0 spiro atoms. The van der Waals surface area contributed by atoms with E-state index in [2.05, 4.69) is 4.90 Å². The normalized spacial score (nSPS) is 39.1. The van der Waals surface area contributed by atoms with Crippen molar-refractivity contribution in [2.24, 2.45) is 5.92 Å². The van der Waals surface area contributed by atoms with Crippen LogP contribution in [0.1, 0.15) is 25.7 Å². The monoisotopic (exact) mass is 201 g/mol. The zero-order valence-electron chi connectivity index (χ0n) is 8.16. The summed E-state index contributed by atoms with van der Waals surface area (Å²) >= 11 is 0. The molecule has 0 aromatic rings. The lowest BCUT2D eigenvalue weighted by Gasteiger charge is -2.25. The summed E-state index contributed by atoms with van der Waals surface area (Å²) in [5.41, 5.74) is 0. The summed E-state index contributed by atoms with van der Waals surface area (Å²) in [6.45, 7) is 1.81. The molecule has 3 nitrogen and oxygen atoms in total. The van der Waals surface area contributed by atoms with Crippen molar-refractivity contribution in [1.29, 1.82) is 0 Å². The van der Waals surface area contributed by atoms with Crippen LogP contribution in [0.15, 0.2) is 0 Å². The van der Waals surface area contributed by atoms with Gasteiger partial charge in [-0.3, -0.25) is 9.69 Å². The molecule has 2 aliphatic heterocycles. The van der Waals surface area contributed by atoms with E-state index in [4.69, 9.17) is 5.11 Å². The van der Waals surface area contributed by atoms with E-state index in [0.29, 0.717) is 6.42 Å². The number of carboxylic acids is 1. The van der Waals surface area contributed by atoms with E-state index in [0.717, 1.165) is 32.4 Å². The van der Waals surface area contributed by atoms with Gasteiger partial charge in [0.25, 0.3) is 0 Å². The number of alkyl halides is 1. The quantitative estimate of drug-likeness (QED) is 0.694. The van der Waals surface area contributed by atoms with Gasteiger partial charge in [-0.2, -0.15) is 0 Å². The first-order valence-electron chi connectivity index (χ1n) is 5.31. The molecule has 2 rings (SSSR count). The molecule has 3 atom stereocenters. The third-order valence-electron chi connectivity index (χ3n) is 3.44. The van der Waals surface area contributed by atoms with Crippen LogP contribution in [0.3, 0.4) is 0 Å². The van der Waals surface area contributed by atoms with Gasteiger partial charge in [0.05, 0.1) is 5.92 Å². The summed E-state index contributed by atoms with van der Waals surface area (Å²) in [6.07, 6.45) is 1.97. The maximum Gasteiger partial charge on any atom is 0.309 e. The van der Waals surface area contributed by atoms with E-state index in [-0.39, 0.29) is 6.04 Å². The van der Waals surface area contributed by atoms with E-state index in [1.807, 2.05) is 0 Å². The fourth-order valence-corrected chi connectivity index (χ4v) is 2.69. The minimum absolute atomic E-state index is 0.126. The molecule has 14 heavy (non-hydrogen) atoms. The van der Waals surface area contributed by atoms with Crippen LogP contribution in [-0.2, 0) is 4.79 Å². The van der Waals surface area contributed by atoms with Crippen LogP contribution in [0.2, 0.25) is 0 Å². The van der Waals surface area contributed by atoms with Crippen molar-refractivity contribution < 1.29 is 14.3 Å². The Labute approximate surface area is 82.9 Å². The van der Waals surface area contributed by atoms with Crippen LogP contribution < -0.4 is 0 Å². The molecule has 2 aliphatic rings. The van der Waals surface area contributed by atoms with E-state index >= 15 is 0 Å². The lowest BCUT2D eigenvalue weighted by molar-refractivity contribution is -0.144. The Morgan fingerprint density at radius 3 is 2.57 bits per heavy atom. The van der Waals surface area contributed by atoms with Gasteiger partial charge in [-0.05, 0) is 38.8 Å². The summed E-state index contributed by atoms with van der Waals surface area (Å²) < 4.78 is 13.9. The highest BCUT2D eigenvalue weighted by Crippen LogP contribution is 2.31. The zero-order chi connectivity index (χ0) is 10.1. The number of hydrogen-bond donors (Lipinski definition) is 1. The number of carboxylic acid groups (broad SMARTS) is 1. The van der Waals surface area contributed by atoms with Crippen molar-refractivity contribution in [1.82, 2.24) is 4.90 Å². The van der Waals surface area contributed by atoms with E-state index in [1.54, 1.807) is 0 Å². The first kappa shape index (κ1) is 9.90. The molecule has 3 unspecified atom stereocenters. The van der Waals surface area contributed by atoms with Gasteiger partial charge < -0.3 is 5.11 Å². The van der Waals surface area contributed by atoms with Gasteiger partial charge in [0.15, 0.2) is 0 Å². The van der Waals surface area contributed by atoms with Crippen molar-refractivity contribution in [3.63, 3.8) is 0 Å². The number of nitrogens with zero attached hydrogens (tertiary/aromatic N) is 1. The van der Waals surface area contributed by atoms with Crippen molar-refractivity contribution in [3.05, 3.63) is 0 Å². The average Bonchev–Trinajstić information content (AvgIpc) is 2.53. The van der Waals surface area contributed by atoms with Crippen molar-refractivity contribution in [2.75, 3.05) is 13.1 Å². The third kappa shape index (κ3) is 1.63. The molecule has 1 N–H and O–H groups in total. The molecule has 80 valence electrons. The average molecular weight is 201 g/mol. The molecular weight excluding hydrogens is 185 g/mol. The van der Waals surface area contributed by atoms with Gasteiger partial charge in [-0.25, -0.2) is 4.39 Å². The van der Waals surface area contributed by atoms with Crippen molar-refractivity contribution >= 4 is 5.97 Å². The van der Waals surface area contributed by atoms with Crippen LogP contribution in [0.5, 0.6) is 0 Å². The second kappa shape index (κ2) is 3.85. The topological polar surface area (TPSA) is 40.5 Å². The first-order valence-corrected chi connectivity index (χ1v) is 5.31. The Hall–Kier alpha value is -0.640. The SMILES string of the molecule is O=C(O)C1CCCN2CCCC2C1F. The summed E-state index contributed by atoms with van der Waals surface area (Å²) in [6, 6.07) is -0.126. The zero-order valence-corrected chi connectivity index (χ0v) is 8.16. The van der Waals surface area contributed by atoms with Crippen molar-refractivity contribution in [3.8, 4) is 0 Å². The molecule has 0 radical (unpaired) electrons. The molecule has 4 heteroatoms. The molecule has 2 heterocycles. The van der Waals surface area contributed by atoms with Gasteiger partial charge in [0, 0.05) is 6.04 Å². The van der Waals surface area contributed by atoms with Crippen LogP contribution in [0.4, 0.5) is 4.39 Å². The minimum Gasteiger partial charge on any atom is -0.481 e. The lowest BCUT2D eigenvalue weighted by Crippen LogP contribution is -2.40. The first-order chi connectivity index (χ1) is 6.70. The van der Waals surface area contributed by atoms with Crippen LogP contribution in [-0.4, -0.2) is 41.3 Å². The Morgan fingerprint density at radius 2 is 1.93 bits per heavy atom. The molecule has 0 aromatic carbocycles. The standard InChI is InChI=1S/C10H16FNO2/c11-9-7(10(13)14)3-1-5-12-6-2-4-8(9)12/h7-9H,1-6H2,(H,13,14). The van der Waals surface area contributed by atoms with Gasteiger partial charge in [-0.1, -0.05) is 0 Å². The lowest BCUT2D eigenvalue weighted by atomic mass is 9.94. The Kier molecular flexibility index (Phi) is 2.72. The molecule has 0 saturated carbocycles. The highest BCUT2D eigenvalue weighted by atomic mass is 19.1. The molecule has 0 amide bonds. The number of carbonyl (C=O) groups is 1. The van der Waals surface area contributed by atoms with Gasteiger partial charge in [-0.15, -0.1) is 0 Å². The smallest absolute Gasteiger partial charge is 0.309 e. The summed E-state index contributed by atoms with van der Waals surface area (Å²) in [5, 5.41) is 8.90.